The third-order valence-electron chi connectivity index (χ3n) is 4.84. The first kappa shape index (κ1) is 21.9. The molecule has 1 aliphatic heterocycles. The van der Waals surface area contributed by atoms with Crippen molar-refractivity contribution in [3.63, 3.8) is 0 Å². The summed E-state index contributed by atoms with van der Waals surface area (Å²) in [6.07, 6.45) is 1.49. The Labute approximate surface area is 154 Å². The van der Waals surface area contributed by atoms with Crippen molar-refractivity contribution in [3.8, 4) is 0 Å². The number of hydrogen-bond donors (Lipinski definition) is 2. The Kier molecular flexibility index (Phi) is 8.50. The number of carboxylic acids is 1. The predicted octanol–water partition coefficient (Wildman–Crippen LogP) is 0.266. The lowest BCUT2D eigenvalue weighted by atomic mass is 10.0. The normalized spacial score (nSPS) is 20.6. The Balaban J connectivity index is 2.92. The van der Waals surface area contributed by atoms with Crippen LogP contribution in [0.25, 0.3) is 0 Å². The first-order chi connectivity index (χ1) is 12.2. The summed E-state index contributed by atoms with van der Waals surface area (Å²) in [5.74, 6) is -1.28. The summed E-state index contributed by atoms with van der Waals surface area (Å²) in [6, 6.07) is -0.929. The minimum absolute atomic E-state index is 0.00299. The van der Waals surface area contributed by atoms with Crippen molar-refractivity contribution < 1.29 is 24.3 Å². The highest BCUT2D eigenvalue weighted by molar-refractivity contribution is 5.89. The predicted molar refractivity (Wildman–Crippen MR) is 94.6 cm³/mol. The number of nitrogens with one attached hydrogen (secondary N) is 1. The minimum Gasteiger partial charge on any atom is -0.481 e. The molecule has 3 atom stereocenters. The number of carboxylic acid groups (broad SMARTS) is 1. The van der Waals surface area contributed by atoms with Crippen LogP contribution in [0, 0.1) is 5.92 Å². The maximum Gasteiger partial charge on any atom is 0.303 e. The van der Waals surface area contributed by atoms with Crippen molar-refractivity contribution >= 4 is 24.2 Å². The van der Waals surface area contributed by atoms with E-state index in [0.717, 1.165) is 12.8 Å². The number of carbonyl (C=O) groups excluding carboxylic acids is 3. The van der Waals surface area contributed by atoms with Crippen molar-refractivity contribution in [1.29, 1.82) is 0 Å². The van der Waals surface area contributed by atoms with Gasteiger partial charge in [-0.3, -0.25) is 24.2 Å². The monoisotopic (exact) mass is 370 g/mol. The Morgan fingerprint density at radius 1 is 1.38 bits per heavy atom. The smallest absolute Gasteiger partial charge is 0.303 e. The highest BCUT2D eigenvalue weighted by Gasteiger charge is 2.40. The lowest BCUT2D eigenvalue weighted by Gasteiger charge is -2.47. The molecule has 2 unspecified atom stereocenters. The summed E-state index contributed by atoms with van der Waals surface area (Å²) >= 11 is 0. The van der Waals surface area contributed by atoms with E-state index in [4.69, 9.17) is 5.11 Å². The van der Waals surface area contributed by atoms with E-state index in [9.17, 15) is 19.2 Å². The SMILES string of the molecule is CCC(C)CCNC(=O)C(CCC(=O)O)N1C(=O)CN(C)N(C=O)[C@H]1C. The van der Waals surface area contributed by atoms with E-state index in [-0.39, 0.29) is 31.2 Å². The van der Waals surface area contributed by atoms with Gasteiger partial charge in [-0.2, -0.15) is 0 Å². The zero-order valence-electron chi connectivity index (χ0n) is 16.0. The number of hydrogen-bond acceptors (Lipinski definition) is 5. The molecule has 0 aliphatic carbocycles. The number of aliphatic carboxylic acids is 1. The van der Waals surface area contributed by atoms with E-state index in [1.54, 1.807) is 14.0 Å². The second-order valence-corrected chi connectivity index (χ2v) is 6.78. The molecule has 0 spiro atoms. The van der Waals surface area contributed by atoms with Crippen molar-refractivity contribution in [3.05, 3.63) is 0 Å². The molecule has 9 nitrogen and oxygen atoms in total. The molecule has 0 aromatic heterocycles. The zero-order chi connectivity index (χ0) is 19.9. The lowest BCUT2D eigenvalue weighted by Crippen LogP contribution is -2.67. The van der Waals surface area contributed by atoms with Crippen LogP contribution in [-0.4, -0.2) is 76.6 Å². The van der Waals surface area contributed by atoms with Crippen LogP contribution in [0.3, 0.4) is 0 Å². The molecule has 26 heavy (non-hydrogen) atoms. The van der Waals surface area contributed by atoms with E-state index in [1.165, 1.54) is 14.9 Å². The van der Waals surface area contributed by atoms with Crippen LogP contribution in [0.2, 0.25) is 0 Å². The molecule has 0 saturated carbocycles. The number of nitrogens with zero attached hydrogens (tertiary/aromatic N) is 3. The van der Waals surface area contributed by atoms with Crippen LogP contribution in [0.4, 0.5) is 0 Å². The fraction of sp³-hybridized carbons (Fsp3) is 0.765. The third-order valence-corrected chi connectivity index (χ3v) is 4.84. The van der Waals surface area contributed by atoms with Crippen LogP contribution in [0.5, 0.6) is 0 Å². The number of amides is 3. The van der Waals surface area contributed by atoms with E-state index in [0.29, 0.717) is 18.9 Å². The molecule has 2 N–H and O–H groups in total. The number of carbonyl (C=O) groups is 4. The number of hydrazine groups is 1. The Hall–Kier alpha value is -2.16. The summed E-state index contributed by atoms with van der Waals surface area (Å²) in [5, 5.41) is 14.6. The minimum atomic E-state index is -1.04. The van der Waals surface area contributed by atoms with Gasteiger partial charge in [0, 0.05) is 20.0 Å². The van der Waals surface area contributed by atoms with Crippen molar-refractivity contribution in [2.24, 2.45) is 5.92 Å². The molecule has 1 saturated heterocycles. The first-order valence-corrected chi connectivity index (χ1v) is 8.98. The summed E-state index contributed by atoms with van der Waals surface area (Å²) in [7, 11) is 1.61. The van der Waals surface area contributed by atoms with Gasteiger partial charge in [0.2, 0.25) is 18.2 Å². The fourth-order valence-corrected chi connectivity index (χ4v) is 3.00. The Bertz CT molecular complexity index is 527. The summed E-state index contributed by atoms with van der Waals surface area (Å²) in [4.78, 5) is 48.8. The van der Waals surface area contributed by atoms with Crippen molar-refractivity contribution in [2.75, 3.05) is 20.1 Å². The van der Waals surface area contributed by atoms with Crippen LogP contribution < -0.4 is 5.32 Å². The number of likely N-dealkylation sites (N-methyl/N-ethyl adjacent to an activating group) is 1. The molecule has 1 rings (SSSR count). The van der Waals surface area contributed by atoms with Gasteiger partial charge in [-0.05, 0) is 25.7 Å². The quantitative estimate of drug-likeness (QED) is 0.534. The molecular formula is C17H30N4O5. The van der Waals surface area contributed by atoms with Gasteiger partial charge in [-0.15, -0.1) is 0 Å². The van der Waals surface area contributed by atoms with Gasteiger partial charge in [-0.25, -0.2) is 5.01 Å². The Morgan fingerprint density at radius 3 is 2.58 bits per heavy atom. The molecular weight excluding hydrogens is 340 g/mol. The van der Waals surface area contributed by atoms with E-state index in [1.807, 2.05) is 0 Å². The largest absolute Gasteiger partial charge is 0.481 e. The topological polar surface area (TPSA) is 110 Å². The summed E-state index contributed by atoms with van der Waals surface area (Å²) < 4.78 is 0. The van der Waals surface area contributed by atoms with Crippen LogP contribution in [-0.2, 0) is 19.2 Å². The highest BCUT2D eigenvalue weighted by atomic mass is 16.4. The van der Waals surface area contributed by atoms with E-state index < -0.39 is 18.2 Å². The molecule has 9 heteroatoms. The molecule has 3 amide bonds. The van der Waals surface area contributed by atoms with Crippen LogP contribution in [0.15, 0.2) is 0 Å². The van der Waals surface area contributed by atoms with Gasteiger partial charge in [0.15, 0.2) is 0 Å². The third kappa shape index (κ3) is 5.69. The summed E-state index contributed by atoms with van der Waals surface area (Å²) in [6.45, 7) is 6.21. The van der Waals surface area contributed by atoms with E-state index >= 15 is 0 Å². The van der Waals surface area contributed by atoms with Crippen molar-refractivity contribution in [2.45, 2.75) is 58.7 Å². The fourth-order valence-electron chi connectivity index (χ4n) is 3.00. The van der Waals surface area contributed by atoms with Gasteiger partial charge in [0.1, 0.15) is 12.2 Å². The van der Waals surface area contributed by atoms with Gasteiger partial charge in [-0.1, -0.05) is 20.3 Å². The molecule has 0 aromatic carbocycles. The average Bonchev–Trinajstić information content (AvgIpc) is 2.57. The molecule has 0 bridgehead atoms. The van der Waals surface area contributed by atoms with Crippen molar-refractivity contribution in [1.82, 2.24) is 20.2 Å². The van der Waals surface area contributed by atoms with Crippen LogP contribution in [0.1, 0.15) is 46.5 Å². The van der Waals surface area contributed by atoms with E-state index in [2.05, 4.69) is 19.2 Å². The standard InChI is InChI=1S/C17H30N4O5/c1-5-12(2)8-9-18-17(26)14(6-7-16(24)25)21-13(3)20(11-22)19(4)10-15(21)23/h11-14H,5-10H2,1-4H3,(H,18,26)(H,24,25)/t12?,13-,14?/m1/s1. The Morgan fingerprint density at radius 2 is 2.04 bits per heavy atom. The van der Waals surface area contributed by atoms with Gasteiger partial charge in [0.25, 0.3) is 0 Å². The second kappa shape index (κ2) is 10.1. The molecule has 1 heterocycles. The maximum absolute atomic E-state index is 12.7. The first-order valence-electron chi connectivity index (χ1n) is 8.98. The summed E-state index contributed by atoms with van der Waals surface area (Å²) in [5.41, 5.74) is 0. The zero-order valence-corrected chi connectivity index (χ0v) is 16.0. The van der Waals surface area contributed by atoms with Gasteiger partial charge < -0.3 is 15.3 Å². The average molecular weight is 370 g/mol. The molecule has 1 fully saturated rings. The number of rotatable bonds is 10. The second-order valence-electron chi connectivity index (χ2n) is 6.78. The van der Waals surface area contributed by atoms with Gasteiger partial charge >= 0.3 is 5.97 Å². The lowest BCUT2D eigenvalue weighted by molar-refractivity contribution is -0.181. The highest BCUT2D eigenvalue weighted by Crippen LogP contribution is 2.20. The molecule has 148 valence electrons. The van der Waals surface area contributed by atoms with Gasteiger partial charge in [0.05, 0.1) is 6.54 Å². The van der Waals surface area contributed by atoms with Crippen LogP contribution >= 0.6 is 0 Å². The molecule has 0 radical (unpaired) electrons. The molecule has 0 aromatic rings. The molecule has 1 aliphatic rings. The maximum atomic E-state index is 12.7.